The summed E-state index contributed by atoms with van der Waals surface area (Å²) in [5.41, 5.74) is 3.17. The van der Waals surface area contributed by atoms with Crippen LogP contribution in [0.15, 0.2) is 47.4 Å². The normalized spacial score (nSPS) is 16.1. The fourth-order valence-electron chi connectivity index (χ4n) is 3.44. The number of likely N-dealkylation sites (N-methyl/N-ethyl adjacent to an activating group) is 1. The fraction of sp³-hybridized carbons (Fsp3) is 0.381. The van der Waals surface area contributed by atoms with Crippen LogP contribution in [0.4, 0.5) is 5.69 Å². The van der Waals surface area contributed by atoms with Crippen LogP contribution in [0.25, 0.3) is 0 Å². The number of rotatable bonds is 5. The van der Waals surface area contributed by atoms with E-state index in [2.05, 4.69) is 12.4 Å². The molecule has 1 amide bonds. The third kappa shape index (κ3) is 4.27. The van der Waals surface area contributed by atoms with E-state index in [0.717, 1.165) is 36.3 Å². The van der Waals surface area contributed by atoms with Gasteiger partial charge in [-0.2, -0.15) is 4.31 Å². The molecule has 0 atom stereocenters. The van der Waals surface area contributed by atoms with E-state index in [-0.39, 0.29) is 10.8 Å². The number of amides is 1. The van der Waals surface area contributed by atoms with Crippen molar-refractivity contribution < 1.29 is 18.1 Å². The Hall–Kier alpha value is -2.22. The molecule has 1 heterocycles. The van der Waals surface area contributed by atoms with Gasteiger partial charge in [0.25, 0.3) is 5.91 Å². The fourth-order valence-corrected chi connectivity index (χ4v) is 4.93. The van der Waals surface area contributed by atoms with Crippen LogP contribution in [0.2, 0.25) is 0 Å². The van der Waals surface area contributed by atoms with E-state index in [1.807, 2.05) is 32.0 Å². The minimum Gasteiger partial charge on any atom is -0.335 e. The predicted octanol–water partition coefficient (Wildman–Crippen LogP) is 1.33. The van der Waals surface area contributed by atoms with E-state index in [9.17, 15) is 13.2 Å². The van der Waals surface area contributed by atoms with Crippen LogP contribution in [0.1, 0.15) is 28.4 Å². The molecule has 0 bridgehead atoms. The molecule has 1 saturated heterocycles. The average Bonchev–Trinajstić information content (AvgIpc) is 2.70. The Bertz CT molecular complexity index is 965. The SMILES string of the molecule is CCc1cccc(C)c1NC(=O)c1cccc(S(=O)(=O)N2CC[NH+](C)CC2)c1. The molecule has 2 aromatic carbocycles. The van der Waals surface area contributed by atoms with Crippen LogP contribution in [0, 0.1) is 6.92 Å². The van der Waals surface area contributed by atoms with Crippen molar-refractivity contribution in [3.63, 3.8) is 0 Å². The summed E-state index contributed by atoms with van der Waals surface area (Å²) in [7, 11) is -1.53. The molecular weight excluding hydrogens is 374 g/mol. The van der Waals surface area contributed by atoms with Crippen LogP contribution in [-0.2, 0) is 16.4 Å². The number of quaternary nitrogens is 1. The van der Waals surface area contributed by atoms with Crippen LogP contribution in [0.5, 0.6) is 0 Å². The molecular formula is C21H28N3O3S+. The third-order valence-electron chi connectivity index (χ3n) is 5.29. The van der Waals surface area contributed by atoms with Crippen molar-refractivity contribution in [2.24, 2.45) is 0 Å². The van der Waals surface area contributed by atoms with Crippen LogP contribution >= 0.6 is 0 Å². The van der Waals surface area contributed by atoms with E-state index >= 15 is 0 Å². The molecule has 2 aromatic rings. The minimum atomic E-state index is -3.60. The second kappa shape index (κ2) is 8.43. The van der Waals surface area contributed by atoms with Gasteiger partial charge in [-0.15, -0.1) is 0 Å². The maximum atomic E-state index is 13.0. The van der Waals surface area contributed by atoms with Gasteiger partial charge in [0.1, 0.15) is 0 Å². The molecule has 1 fully saturated rings. The highest BCUT2D eigenvalue weighted by molar-refractivity contribution is 7.89. The van der Waals surface area contributed by atoms with Crippen LogP contribution in [0.3, 0.4) is 0 Å². The Labute approximate surface area is 167 Å². The second-order valence-corrected chi connectivity index (χ2v) is 9.24. The van der Waals surface area contributed by atoms with Crippen molar-refractivity contribution >= 4 is 21.6 Å². The van der Waals surface area contributed by atoms with Crippen molar-refractivity contribution in [1.29, 1.82) is 0 Å². The number of para-hydroxylation sites is 1. The van der Waals surface area contributed by atoms with Crippen molar-refractivity contribution in [3.8, 4) is 0 Å². The van der Waals surface area contributed by atoms with Gasteiger partial charge in [-0.1, -0.05) is 31.2 Å². The molecule has 0 aromatic heterocycles. The average molecular weight is 403 g/mol. The van der Waals surface area contributed by atoms with Gasteiger partial charge in [0.2, 0.25) is 10.0 Å². The van der Waals surface area contributed by atoms with E-state index in [1.165, 1.54) is 15.3 Å². The molecule has 1 aliphatic rings. The van der Waals surface area contributed by atoms with Gasteiger partial charge < -0.3 is 10.2 Å². The largest absolute Gasteiger partial charge is 0.335 e. The van der Waals surface area contributed by atoms with E-state index in [1.54, 1.807) is 18.2 Å². The first-order valence-electron chi connectivity index (χ1n) is 9.64. The van der Waals surface area contributed by atoms with Gasteiger partial charge in [-0.3, -0.25) is 4.79 Å². The summed E-state index contributed by atoms with van der Waals surface area (Å²) in [5, 5.41) is 2.96. The number of piperazine rings is 1. The lowest BCUT2D eigenvalue weighted by atomic mass is 10.1. The zero-order valence-electron chi connectivity index (χ0n) is 16.7. The zero-order valence-corrected chi connectivity index (χ0v) is 17.5. The Morgan fingerprint density at radius 2 is 1.82 bits per heavy atom. The highest BCUT2D eigenvalue weighted by Gasteiger charge is 2.29. The zero-order chi connectivity index (χ0) is 20.3. The Morgan fingerprint density at radius 1 is 1.14 bits per heavy atom. The number of hydrogen-bond acceptors (Lipinski definition) is 3. The van der Waals surface area contributed by atoms with Gasteiger partial charge in [0.15, 0.2) is 0 Å². The van der Waals surface area contributed by atoms with Crippen molar-refractivity contribution in [1.82, 2.24) is 4.31 Å². The van der Waals surface area contributed by atoms with E-state index < -0.39 is 10.0 Å². The van der Waals surface area contributed by atoms with Gasteiger partial charge in [0.05, 0.1) is 38.1 Å². The summed E-state index contributed by atoms with van der Waals surface area (Å²) >= 11 is 0. The molecule has 0 spiro atoms. The molecule has 28 heavy (non-hydrogen) atoms. The summed E-state index contributed by atoms with van der Waals surface area (Å²) in [4.78, 5) is 14.3. The Morgan fingerprint density at radius 3 is 2.50 bits per heavy atom. The predicted molar refractivity (Wildman–Crippen MR) is 110 cm³/mol. The first-order chi connectivity index (χ1) is 13.3. The molecule has 150 valence electrons. The highest BCUT2D eigenvalue weighted by atomic mass is 32.2. The second-order valence-electron chi connectivity index (χ2n) is 7.31. The van der Waals surface area contributed by atoms with Gasteiger partial charge in [-0.25, -0.2) is 8.42 Å². The van der Waals surface area contributed by atoms with E-state index in [4.69, 9.17) is 0 Å². The Balaban J connectivity index is 1.84. The smallest absolute Gasteiger partial charge is 0.255 e. The van der Waals surface area contributed by atoms with Gasteiger partial charge in [0, 0.05) is 11.3 Å². The maximum Gasteiger partial charge on any atom is 0.255 e. The number of sulfonamides is 1. The number of benzene rings is 2. The summed E-state index contributed by atoms with van der Waals surface area (Å²) < 4.78 is 27.4. The van der Waals surface area contributed by atoms with Crippen molar-refractivity contribution in [2.45, 2.75) is 25.2 Å². The Kier molecular flexibility index (Phi) is 6.17. The summed E-state index contributed by atoms with van der Waals surface area (Å²) in [6.45, 7) is 6.54. The molecule has 7 heteroatoms. The lowest BCUT2D eigenvalue weighted by molar-refractivity contribution is -0.883. The van der Waals surface area contributed by atoms with Crippen LogP contribution < -0.4 is 10.2 Å². The monoisotopic (exact) mass is 402 g/mol. The summed E-state index contributed by atoms with van der Waals surface area (Å²) in [5.74, 6) is -0.302. The third-order valence-corrected chi connectivity index (χ3v) is 7.18. The summed E-state index contributed by atoms with van der Waals surface area (Å²) in [6.07, 6.45) is 0.803. The molecule has 2 N–H and O–H groups in total. The standard InChI is InChI=1S/C21H27N3O3S/c1-4-17-8-5-7-16(2)20(17)22-21(25)18-9-6-10-19(15-18)28(26,27)24-13-11-23(3)12-14-24/h5-10,15H,4,11-14H2,1-3H3,(H,22,25)/p+1. The molecule has 0 radical (unpaired) electrons. The number of aryl methyl sites for hydroxylation is 2. The van der Waals surface area contributed by atoms with Crippen molar-refractivity contribution in [2.75, 3.05) is 38.5 Å². The minimum absolute atomic E-state index is 0.167. The highest BCUT2D eigenvalue weighted by Crippen LogP contribution is 2.23. The number of carbonyl (C=O) groups excluding carboxylic acids is 1. The molecule has 0 saturated carbocycles. The van der Waals surface area contributed by atoms with Gasteiger partial charge in [-0.05, 0) is 42.7 Å². The van der Waals surface area contributed by atoms with Gasteiger partial charge >= 0.3 is 0 Å². The number of nitrogens with zero attached hydrogens (tertiary/aromatic N) is 1. The van der Waals surface area contributed by atoms with Crippen molar-refractivity contribution in [3.05, 3.63) is 59.2 Å². The molecule has 3 rings (SSSR count). The van der Waals surface area contributed by atoms with E-state index in [0.29, 0.717) is 18.7 Å². The number of nitrogens with one attached hydrogen (secondary N) is 2. The number of anilines is 1. The molecule has 1 aliphatic heterocycles. The lowest BCUT2D eigenvalue weighted by Crippen LogP contribution is -3.12. The quantitative estimate of drug-likeness (QED) is 0.793. The van der Waals surface area contributed by atoms with Crippen LogP contribution in [-0.4, -0.2) is 51.9 Å². The lowest BCUT2D eigenvalue weighted by Gasteiger charge is -2.29. The number of carbonyl (C=O) groups is 1. The topological polar surface area (TPSA) is 70.9 Å². The molecule has 0 aliphatic carbocycles. The maximum absolute atomic E-state index is 13.0. The number of hydrogen-bond donors (Lipinski definition) is 2. The first-order valence-corrected chi connectivity index (χ1v) is 11.1. The first kappa shape index (κ1) is 20.5. The molecule has 0 unspecified atom stereocenters. The summed E-state index contributed by atoms with van der Waals surface area (Å²) in [6, 6.07) is 12.2. The molecule has 6 nitrogen and oxygen atoms in total.